The van der Waals surface area contributed by atoms with E-state index in [1.807, 2.05) is 13.8 Å². The van der Waals surface area contributed by atoms with E-state index < -0.39 is 17.1 Å². The van der Waals surface area contributed by atoms with Gasteiger partial charge in [-0.2, -0.15) is 0 Å². The minimum Gasteiger partial charge on any atom is -0.505 e. The molecule has 0 atom stereocenters. The van der Waals surface area contributed by atoms with Crippen molar-refractivity contribution < 1.29 is 14.3 Å². The SMILES string of the molecule is CCC(N)(CC)C(=O)Nc1ccc(O)c(F)c1. The summed E-state index contributed by atoms with van der Waals surface area (Å²) in [4.78, 5) is 11.9. The van der Waals surface area contributed by atoms with Crippen molar-refractivity contribution in [3.8, 4) is 5.75 Å². The molecular weight excluding hydrogens is 223 g/mol. The van der Waals surface area contributed by atoms with Crippen molar-refractivity contribution in [1.29, 1.82) is 0 Å². The van der Waals surface area contributed by atoms with Gasteiger partial charge in [0.2, 0.25) is 5.91 Å². The molecule has 0 saturated heterocycles. The predicted molar refractivity (Wildman–Crippen MR) is 64.2 cm³/mol. The summed E-state index contributed by atoms with van der Waals surface area (Å²) < 4.78 is 13.1. The Morgan fingerprint density at radius 2 is 2.06 bits per heavy atom. The highest BCUT2D eigenvalue weighted by Crippen LogP contribution is 2.21. The Hall–Kier alpha value is -1.62. The number of hydrogen-bond donors (Lipinski definition) is 3. The van der Waals surface area contributed by atoms with Gasteiger partial charge in [-0.25, -0.2) is 4.39 Å². The summed E-state index contributed by atoms with van der Waals surface area (Å²) in [6.07, 6.45) is 0.992. The van der Waals surface area contributed by atoms with Crippen LogP contribution in [0.1, 0.15) is 26.7 Å². The molecule has 0 bridgehead atoms. The Morgan fingerprint density at radius 3 is 2.53 bits per heavy atom. The van der Waals surface area contributed by atoms with Gasteiger partial charge in [-0.05, 0) is 25.0 Å². The number of halogens is 1. The molecule has 0 aromatic heterocycles. The first kappa shape index (κ1) is 13.4. The Balaban J connectivity index is 2.84. The molecule has 4 nitrogen and oxygen atoms in total. The monoisotopic (exact) mass is 240 g/mol. The van der Waals surface area contributed by atoms with E-state index in [0.29, 0.717) is 12.8 Å². The zero-order chi connectivity index (χ0) is 13.1. The zero-order valence-electron chi connectivity index (χ0n) is 9.96. The van der Waals surface area contributed by atoms with Crippen LogP contribution in [-0.2, 0) is 4.79 Å². The molecule has 1 rings (SSSR count). The summed E-state index contributed by atoms with van der Waals surface area (Å²) in [5.41, 5.74) is 5.23. The first-order chi connectivity index (χ1) is 7.92. The van der Waals surface area contributed by atoms with Crippen LogP contribution in [0.15, 0.2) is 18.2 Å². The van der Waals surface area contributed by atoms with Crippen molar-refractivity contribution in [1.82, 2.24) is 0 Å². The van der Waals surface area contributed by atoms with Gasteiger partial charge in [0.15, 0.2) is 11.6 Å². The molecule has 1 aromatic rings. The summed E-state index contributed by atoms with van der Waals surface area (Å²) in [5.74, 6) is -1.58. The van der Waals surface area contributed by atoms with Crippen molar-refractivity contribution >= 4 is 11.6 Å². The van der Waals surface area contributed by atoms with Gasteiger partial charge in [0.25, 0.3) is 0 Å². The summed E-state index contributed by atoms with van der Waals surface area (Å²) >= 11 is 0. The van der Waals surface area contributed by atoms with Crippen LogP contribution >= 0.6 is 0 Å². The molecule has 1 aromatic carbocycles. The minimum absolute atomic E-state index is 0.280. The largest absolute Gasteiger partial charge is 0.505 e. The second kappa shape index (κ2) is 5.14. The molecule has 17 heavy (non-hydrogen) atoms. The average molecular weight is 240 g/mol. The van der Waals surface area contributed by atoms with Crippen molar-refractivity contribution in [2.75, 3.05) is 5.32 Å². The zero-order valence-corrected chi connectivity index (χ0v) is 9.96. The highest BCUT2D eigenvalue weighted by molar-refractivity contribution is 5.97. The molecule has 0 aliphatic heterocycles. The fraction of sp³-hybridized carbons (Fsp3) is 0.417. The van der Waals surface area contributed by atoms with Crippen LogP contribution in [0, 0.1) is 5.82 Å². The number of phenols is 1. The highest BCUT2D eigenvalue weighted by atomic mass is 19.1. The molecular formula is C12H17FN2O2. The number of carbonyl (C=O) groups excluding carboxylic acids is 1. The molecule has 0 spiro atoms. The van der Waals surface area contributed by atoms with E-state index in [1.54, 1.807) is 0 Å². The van der Waals surface area contributed by atoms with E-state index in [2.05, 4.69) is 5.32 Å². The Bertz CT molecular complexity index is 417. The van der Waals surface area contributed by atoms with Crippen LogP contribution in [0.4, 0.5) is 10.1 Å². The van der Waals surface area contributed by atoms with Gasteiger partial charge in [-0.3, -0.25) is 4.79 Å². The maximum absolute atomic E-state index is 13.1. The summed E-state index contributed by atoms with van der Waals surface area (Å²) in [6, 6.07) is 3.65. The lowest BCUT2D eigenvalue weighted by molar-refractivity contribution is -0.121. The molecule has 0 heterocycles. The number of aromatic hydroxyl groups is 1. The molecule has 94 valence electrons. The minimum atomic E-state index is -0.950. The summed E-state index contributed by atoms with van der Waals surface area (Å²) in [7, 11) is 0. The highest BCUT2D eigenvalue weighted by Gasteiger charge is 2.29. The van der Waals surface area contributed by atoms with Crippen molar-refractivity contribution in [3.05, 3.63) is 24.0 Å². The smallest absolute Gasteiger partial charge is 0.244 e. The number of nitrogens with one attached hydrogen (secondary N) is 1. The number of amides is 1. The van der Waals surface area contributed by atoms with Gasteiger partial charge in [0.05, 0.1) is 5.54 Å². The van der Waals surface area contributed by atoms with Gasteiger partial charge >= 0.3 is 0 Å². The molecule has 0 aliphatic carbocycles. The van der Waals surface area contributed by atoms with Gasteiger partial charge < -0.3 is 16.2 Å². The number of hydrogen-bond acceptors (Lipinski definition) is 3. The number of carbonyl (C=O) groups is 1. The van der Waals surface area contributed by atoms with Crippen molar-refractivity contribution in [3.63, 3.8) is 0 Å². The Morgan fingerprint density at radius 1 is 1.47 bits per heavy atom. The molecule has 0 aliphatic rings. The van der Waals surface area contributed by atoms with Crippen molar-refractivity contribution in [2.24, 2.45) is 5.73 Å². The van der Waals surface area contributed by atoms with Gasteiger partial charge in [-0.15, -0.1) is 0 Å². The second-order valence-electron chi connectivity index (χ2n) is 3.98. The van der Waals surface area contributed by atoms with Crippen LogP contribution in [-0.4, -0.2) is 16.6 Å². The molecule has 0 fully saturated rings. The normalized spacial score (nSPS) is 11.3. The van der Waals surface area contributed by atoms with Gasteiger partial charge in [0, 0.05) is 11.8 Å². The first-order valence-corrected chi connectivity index (χ1v) is 5.51. The molecule has 5 heteroatoms. The standard InChI is InChI=1S/C12H17FN2O2/c1-3-12(14,4-2)11(17)15-8-5-6-10(16)9(13)7-8/h5-7,16H,3-4,14H2,1-2H3,(H,15,17). The molecule has 4 N–H and O–H groups in total. The number of anilines is 1. The van der Waals surface area contributed by atoms with Gasteiger partial charge in [-0.1, -0.05) is 13.8 Å². The molecule has 0 saturated carbocycles. The van der Waals surface area contributed by atoms with E-state index in [0.717, 1.165) is 6.07 Å². The summed E-state index contributed by atoms with van der Waals surface area (Å²) in [5, 5.41) is 11.6. The van der Waals surface area contributed by atoms with E-state index >= 15 is 0 Å². The molecule has 1 amide bonds. The maximum Gasteiger partial charge on any atom is 0.244 e. The molecule has 0 unspecified atom stereocenters. The first-order valence-electron chi connectivity index (χ1n) is 5.51. The Kier molecular flexibility index (Phi) is 4.07. The molecule has 0 radical (unpaired) electrons. The predicted octanol–water partition coefficient (Wildman–Crippen LogP) is 1.99. The van der Waals surface area contributed by atoms with E-state index in [1.165, 1.54) is 12.1 Å². The average Bonchev–Trinajstić information content (AvgIpc) is 2.32. The number of rotatable bonds is 4. The quantitative estimate of drug-likeness (QED) is 0.704. The van der Waals surface area contributed by atoms with E-state index in [4.69, 9.17) is 10.8 Å². The number of nitrogens with two attached hydrogens (primary N) is 1. The third kappa shape index (κ3) is 2.94. The fourth-order valence-electron chi connectivity index (χ4n) is 1.41. The van der Waals surface area contributed by atoms with Crippen LogP contribution in [0.2, 0.25) is 0 Å². The topological polar surface area (TPSA) is 75.4 Å². The Labute approximate surface area is 99.6 Å². The van der Waals surface area contributed by atoms with Crippen molar-refractivity contribution in [2.45, 2.75) is 32.2 Å². The van der Waals surface area contributed by atoms with Crippen LogP contribution in [0.3, 0.4) is 0 Å². The lowest BCUT2D eigenvalue weighted by Gasteiger charge is -2.25. The summed E-state index contributed by atoms with van der Waals surface area (Å²) in [6.45, 7) is 3.64. The lowest BCUT2D eigenvalue weighted by Crippen LogP contribution is -2.50. The van der Waals surface area contributed by atoms with E-state index in [-0.39, 0.29) is 11.6 Å². The lowest BCUT2D eigenvalue weighted by atomic mass is 9.93. The third-order valence-electron chi connectivity index (χ3n) is 2.92. The fourth-order valence-corrected chi connectivity index (χ4v) is 1.41. The number of benzene rings is 1. The number of phenolic OH excluding ortho intramolecular Hbond substituents is 1. The van der Waals surface area contributed by atoms with Crippen LogP contribution in [0.25, 0.3) is 0 Å². The van der Waals surface area contributed by atoms with Crippen LogP contribution in [0.5, 0.6) is 5.75 Å². The van der Waals surface area contributed by atoms with E-state index in [9.17, 15) is 9.18 Å². The third-order valence-corrected chi connectivity index (χ3v) is 2.92. The maximum atomic E-state index is 13.1. The second-order valence-corrected chi connectivity index (χ2v) is 3.98. The van der Waals surface area contributed by atoms with Gasteiger partial charge in [0.1, 0.15) is 0 Å². The van der Waals surface area contributed by atoms with Crippen LogP contribution < -0.4 is 11.1 Å².